The highest BCUT2D eigenvalue weighted by Gasteiger charge is 2.11. The molecule has 0 nitrogen and oxygen atoms in total. The molecular formula is C9H15. The van der Waals surface area contributed by atoms with Gasteiger partial charge in [0.25, 0.3) is 0 Å². The van der Waals surface area contributed by atoms with Gasteiger partial charge in [-0.25, -0.2) is 0 Å². The molecule has 1 aliphatic carbocycles. The van der Waals surface area contributed by atoms with Crippen LogP contribution >= 0.6 is 0 Å². The Labute approximate surface area is 58.7 Å². The van der Waals surface area contributed by atoms with Crippen molar-refractivity contribution in [3.8, 4) is 0 Å². The largest absolute Gasteiger partial charge is 0.0533 e. The summed E-state index contributed by atoms with van der Waals surface area (Å²) in [6, 6.07) is 0. The molecule has 0 aliphatic heterocycles. The molecule has 1 rings (SSSR count). The number of rotatable bonds is 2. The van der Waals surface area contributed by atoms with E-state index in [1.54, 1.807) is 0 Å². The lowest BCUT2D eigenvalue weighted by molar-refractivity contribution is 0.356. The minimum Gasteiger partial charge on any atom is -0.0533 e. The standard InChI is InChI=1S/C9H15/c1-2-6-9-7-4-3-5-8-9/h1-2,9H,3-8H2. The molecule has 0 heterocycles. The highest BCUT2D eigenvalue weighted by atomic mass is 14.2. The van der Waals surface area contributed by atoms with E-state index in [1.165, 1.54) is 32.1 Å². The normalized spacial score (nSPS) is 22.3. The first-order valence-corrected chi connectivity index (χ1v) is 3.97. The Kier molecular flexibility index (Phi) is 3.10. The summed E-state index contributed by atoms with van der Waals surface area (Å²) in [5, 5.41) is 0. The van der Waals surface area contributed by atoms with Crippen molar-refractivity contribution in [3.05, 3.63) is 13.3 Å². The molecule has 0 aromatic heterocycles. The second-order valence-corrected chi connectivity index (χ2v) is 2.98. The number of hydrogen-bond donors (Lipinski definition) is 0. The van der Waals surface area contributed by atoms with Gasteiger partial charge in [-0.2, -0.15) is 0 Å². The number of hydrogen-bond acceptors (Lipinski definition) is 0. The smallest absolute Gasteiger partial charge is 0.0315 e. The van der Waals surface area contributed by atoms with E-state index < -0.39 is 0 Å². The van der Waals surface area contributed by atoms with Crippen LogP contribution in [0.25, 0.3) is 0 Å². The summed E-state index contributed by atoms with van der Waals surface area (Å²) in [5.41, 5.74) is 0. The Morgan fingerprint density at radius 1 is 1.22 bits per heavy atom. The first kappa shape index (κ1) is 7.11. The Morgan fingerprint density at radius 2 is 1.89 bits per heavy atom. The molecule has 51 valence electrons. The first-order valence-electron chi connectivity index (χ1n) is 3.97. The van der Waals surface area contributed by atoms with E-state index in [-0.39, 0.29) is 0 Å². The summed E-state index contributed by atoms with van der Waals surface area (Å²) in [7, 11) is 0. The van der Waals surface area contributed by atoms with E-state index in [0.717, 1.165) is 12.3 Å². The molecule has 1 aliphatic rings. The summed E-state index contributed by atoms with van der Waals surface area (Å²) in [4.78, 5) is 0. The van der Waals surface area contributed by atoms with Crippen molar-refractivity contribution < 1.29 is 0 Å². The van der Waals surface area contributed by atoms with E-state index in [1.807, 2.05) is 6.42 Å². The fourth-order valence-electron chi connectivity index (χ4n) is 1.62. The highest BCUT2D eigenvalue weighted by Crippen LogP contribution is 2.26. The summed E-state index contributed by atoms with van der Waals surface area (Å²) >= 11 is 0. The van der Waals surface area contributed by atoms with Gasteiger partial charge in [-0.1, -0.05) is 32.1 Å². The van der Waals surface area contributed by atoms with Gasteiger partial charge < -0.3 is 0 Å². The maximum atomic E-state index is 5.33. The van der Waals surface area contributed by atoms with Crippen molar-refractivity contribution in [2.24, 2.45) is 5.92 Å². The van der Waals surface area contributed by atoms with Crippen molar-refractivity contribution in [3.63, 3.8) is 0 Å². The zero-order chi connectivity index (χ0) is 6.53. The average Bonchev–Trinajstić information content (AvgIpc) is 1.91. The molecule has 3 radical (unpaired) electrons. The van der Waals surface area contributed by atoms with Gasteiger partial charge in [-0.15, -0.1) is 0 Å². The maximum Gasteiger partial charge on any atom is -0.0315 e. The van der Waals surface area contributed by atoms with Crippen molar-refractivity contribution in [2.45, 2.75) is 38.5 Å². The minimum absolute atomic E-state index is 0.920. The van der Waals surface area contributed by atoms with Gasteiger partial charge >= 0.3 is 0 Å². The maximum absolute atomic E-state index is 5.33. The van der Waals surface area contributed by atoms with Crippen molar-refractivity contribution >= 4 is 0 Å². The third kappa shape index (κ3) is 2.38. The Bertz CT molecular complexity index is 57.7. The van der Waals surface area contributed by atoms with Gasteiger partial charge in [-0.05, 0) is 25.7 Å². The Balaban J connectivity index is 2.08. The topological polar surface area (TPSA) is 0 Å². The third-order valence-corrected chi connectivity index (χ3v) is 2.19. The fraction of sp³-hybridized carbons (Fsp3) is 0.778. The lowest BCUT2D eigenvalue weighted by atomic mass is 9.86. The highest BCUT2D eigenvalue weighted by molar-refractivity contribution is 4.75. The third-order valence-electron chi connectivity index (χ3n) is 2.19. The van der Waals surface area contributed by atoms with E-state index in [9.17, 15) is 0 Å². The van der Waals surface area contributed by atoms with Gasteiger partial charge in [0.2, 0.25) is 0 Å². The summed E-state index contributed by atoms with van der Waals surface area (Å²) in [6.07, 6.45) is 10.1. The molecule has 0 spiro atoms. The second kappa shape index (κ2) is 3.92. The van der Waals surface area contributed by atoms with Gasteiger partial charge in [0.1, 0.15) is 0 Å². The van der Waals surface area contributed by atoms with Gasteiger partial charge in [0.05, 0.1) is 0 Å². The van der Waals surface area contributed by atoms with Crippen LogP contribution in [0.4, 0.5) is 0 Å². The van der Waals surface area contributed by atoms with Crippen LogP contribution in [0.2, 0.25) is 0 Å². The molecule has 0 heteroatoms. The molecule has 0 bridgehead atoms. The van der Waals surface area contributed by atoms with E-state index >= 15 is 0 Å². The molecule has 0 amide bonds. The van der Waals surface area contributed by atoms with Crippen molar-refractivity contribution in [1.82, 2.24) is 0 Å². The van der Waals surface area contributed by atoms with E-state index in [4.69, 9.17) is 6.92 Å². The average molecular weight is 123 g/mol. The van der Waals surface area contributed by atoms with Crippen LogP contribution in [0.5, 0.6) is 0 Å². The zero-order valence-electron chi connectivity index (χ0n) is 5.97. The van der Waals surface area contributed by atoms with Crippen molar-refractivity contribution in [1.29, 1.82) is 0 Å². The van der Waals surface area contributed by atoms with Crippen molar-refractivity contribution in [2.75, 3.05) is 0 Å². The molecule has 0 unspecified atom stereocenters. The van der Waals surface area contributed by atoms with Crippen LogP contribution in [0, 0.1) is 19.3 Å². The first-order chi connectivity index (χ1) is 4.43. The van der Waals surface area contributed by atoms with Crippen LogP contribution in [0.1, 0.15) is 38.5 Å². The quantitative estimate of drug-likeness (QED) is 0.529. The van der Waals surface area contributed by atoms with Gasteiger partial charge in [0, 0.05) is 0 Å². The second-order valence-electron chi connectivity index (χ2n) is 2.98. The molecule has 0 saturated heterocycles. The predicted octanol–water partition coefficient (Wildman–Crippen LogP) is 2.87. The summed E-state index contributed by atoms with van der Waals surface area (Å²) in [6.45, 7) is 5.33. The van der Waals surface area contributed by atoms with Gasteiger partial charge in [-0.3, -0.25) is 0 Å². The molecule has 1 fully saturated rings. The Morgan fingerprint density at radius 3 is 2.44 bits per heavy atom. The summed E-state index contributed by atoms with van der Waals surface area (Å²) < 4.78 is 0. The minimum atomic E-state index is 0.920. The van der Waals surface area contributed by atoms with E-state index in [2.05, 4.69) is 0 Å². The molecule has 1 saturated carbocycles. The SMILES string of the molecule is [CH][CH]CC1CCCCC1. The Hall–Kier alpha value is 0. The fourth-order valence-corrected chi connectivity index (χ4v) is 1.62. The zero-order valence-corrected chi connectivity index (χ0v) is 5.97. The van der Waals surface area contributed by atoms with Crippen LogP contribution < -0.4 is 0 Å². The van der Waals surface area contributed by atoms with Crippen LogP contribution in [0.15, 0.2) is 0 Å². The molecular weight excluding hydrogens is 108 g/mol. The monoisotopic (exact) mass is 123 g/mol. The molecule has 0 N–H and O–H groups in total. The van der Waals surface area contributed by atoms with Crippen LogP contribution in [0.3, 0.4) is 0 Å². The van der Waals surface area contributed by atoms with E-state index in [0.29, 0.717) is 0 Å². The summed E-state index contributed by atoms with van der Waals surface area (Å²) in [5.74, 6) is 0.920. The lowest BCUT2D eigenvalue weighted by Crippen LogP contribution is -2.05. The molecule has 0 aromatic carbocycles. The van der Waals surface area contributed by atoms with Crippen LogP contribution in [-0.2, 0) is 0 Å². The molecule has 9 heavy (non-hydrogen) atoms. The molecule has 0 atom stereocenters. The predicted molar refractivity (Wildman–Crippen MR) is 39.8 cm³/mol. The lowest BCUT2D eigenvalue weighted by Gasteiger charge is -2.20. The van der Waals surface area contributed by atoms with Gasteiger partial charge in [0.15, 0.2) is 0 Å². The van der Waals surface area contributed by atoms with Crippen LogP contribution in [-0.4, -0.2) is 0 Å². The molecule has 0 aromatic rings.